The molecule has 1 saturated heterocycles. The van der Waals surface area contributed by atoms with Crippen LogP contribution >= 0.6 is 11.6 Å². The first kappa shape index (κ1) is 15.3. The van der Waals surface area contributed by atoms with Gasteiger partial charge in [0.2, 0.25) is 5.91 Å². The predicted molar refractivity (Wildman–Crippen MR) is 81.7 cm³/mol. The number of rotatable bonds is 5. The molecule has 1 heterocycles. The summed E-state index contributed by atoms with van der Waals surface area (Å²) in [4.78, 5) is 16.4. The third kappa shape index (κ3) is 3.32. The third-order valence-electron chi connectivity index (χ3n) is 3.63. The van der Waals surface area contributed by atoms with Crippen molar-refractivity contribution in [2.24, 2.45) is 0 Å². The predicted octanol–water partition coefficient (Wildman–Crippen LogP) is 2.11. The van der Waals surface area contributed by atoms with Gasteiger partial charge in [0.05, 0.1) is 6.04 Å². The van der Waals surface area contributed by atoms with E-state index in [-0.39, 0.29) is 18.1 Å². The molecule has 0 radical (unpaired) electrons. The first-order valence-corrected chi connectivity index (χ1v) is 7.37. The first-order chi connectivity index (χ1) is 9.52. The van der Waals surface area contributed by atoms with Gasteiger partial charge in [-0.05, 0) is 38.2 Å². The van der Waals surface area contributed by atoms with Crippen LogP contribution in [0.2, 0.25) is 5.02 Å². The number of likely N-dealkylation sites (N-methyl/N-ethyl adjacent to an activating group) is 1. The monoisotopic (exact) mass is 295 g/mol. The second-order valence-electron chi connectivity index (χ2n) is 5.42. The number of nitrogens with one attached hydrogen (secondary N) is 1. The number of carbonyl (C=O) groups excluding carboxylic acids is 1. The zero-order valence-corrected chi connectivity index (χ0v) is 13.0. The number of carbonyl (C=O) groups is 1. The Hall–Kier alpha value is -1.10. The topological polar surface area (TPSA) is 35.6 Å². The van der Waals surface area contributed by atoms with Crippen LogP contribution in [0.25, 0.3) is 0 Å². The Morgan fingerprint density at radius 2 is 1.95 bits per heavy atom. The Kier molecular flexibility index (Phi) is 5.02. The lowest BCUT2D eigenvalue weighted by molar-refractivity contribution is -0.130. The molecule has 20 heavy (non-hydrogen) atoms. The molecule has 5 heteroatoms. The van der Waals surface area contributed by atoms with Crippen molar-refractivity contribution in [3.05, 3.63) is 34.9 Å². The van der Waals surface area contributed by atoms with Crippen molar-refractivity contribution in [2.45, 2.75) is 25.6 Å². The Balaban J connectivity index is 2.19. The zero-order valence-electron chi connectivity index (χ0n) is 12.3. The Morgan fingerprint density at radius 3 is 2.50 bits per heavy atom. The van der Waals surface area contributed by atoms with Crippen LogP contribution in [0.4, 0.5) is 0 Å². The van der Waals surface area contributed by atoms with Crippen LogP contribution in [0.15, 0.2) is 24.3 Å². The largest absolute Gasteiger partial charge is 0.320 e. The molecule has 1 aromatic rings. The van der Waals surface area contributed by atoms with Crippen molar-refractivity contribution in [3.63, 3.8) is 0 Å². The van der Waals surface area contributed by atoms with E-state index in [1.165, 1.54) is 0 Å². The maximum atomic E-state index is 12.4. The van der Waals surface area contributed by atoms with Gasteiger partial charge in [0.15, 0.2) is 0 Å². The van der Waals surface area contributed by atoms with Gasteiger partial charge < -0.3 is 9.80 Å². The lowest BCUT2D eigenvalue weighted by atomic mass is 10.1. The molecule has 0 spiro atoms. The van der Waals surface area contributed by atoms with Gasteiger partial charge in [0.25, 0.3) is 0 Å². The third-order valence-corrected chi connectivity index (χ3v) is 3.89. The van der Waals surface area contributed by atoms with Crippen LogP contribution in [0.1, 0.15) is 25.1 Å². The second kappa shape index (κ2) is 6.57. The molecule has 2 rings (SSSR count). The lowest BCUT2D eigenvalue weighted by Crippen LogP contribution is -2.36. The van der Waals surface area contributed by atoms with Crippen LogP contribution in [-0.2, 0) is 4.79 Å². The number of benzene rings is 1. The maximum Gasteiger partial charge on any atom is 0.241 e. The molecule has 2 unspecified atom stereocenters. The van der Waals surface area contributed by atoms with E-state index < -0.39 is 0 Å². The minimum absolute atomic E-state index is 0.0512. The molecule has 1 aliphatic heterocycles. The van der Waals surface area contributed by atoms with Gasteiger partial charge in [0, 0.05) is 18.1 Å². The molecular weight excluding hydrogens is 274 g/mol. The van der Waals surface area contributed by atoms with E-state index in [4.69, 9.17) is 11.6 Å². The summed E-state index contributed by atoms with van der Waals surface area (Å²) in [6.45, 7) is 3.61. The van der Waals surface area contributed by atoms with Crippen LogP contribution in [-0.4, -0.2) is 48.9 Å². The highest BCUT2D eigenvalue weighted by atomic mass is 35.5. The molecule has 0 aliphatic carbocycles. The Morgan fingerprint density at radius 1 is 1.30 bits per heavy atom. The molecule has 0 saturated carbocycles. The summed E-state index contributed by atoms with van der Waals surface area (Å²) in [5, 5.41) is 4.13. The van der Waals surface area contributed by atoms with Gasteiger partial charge in [0.1, 0.15) is 6.17 Å². The van der Waals surface area contributed by atoms with E-state index in [1.54, 1.807) is 0 Å². The quantitative estimate of drug-likeness (QED) is 0.904. The summed E-state index contributed by atoms with van der Waals surface area (Å²) in [6.07, 6.45) is 0.756. The SMILES string of the molecule is CCC1NC(c2ccc(Cl)cc2)N(CCN(C)C)C1=O. The van der Waals surface area contributed by atoms with Crippen molar-refractivity contribution in [1.82, 2.24) is 15.1 Å². The highest BCUT2D eigenvalue weighted by Gasteiger charge is 2.38. The van der Waals surface area contributed by atoms with Crippen LogP contribution in [0.5, 0.6) is 0 Å². The van der Waals surface area contributed by atoms with Crippen LogP contribution in [0, 0.1) is 0 Å². The summed E-state index contributed by atoms with van der Waals surface area (Å²) in [7, 11) is 4.03. The summed E-state index contributed by atoms with van der Waals surface area (Å²) >= 11 is 5.93. The number of halogens is 1. The van der Waals surface area contributed by atoms with Crippen molar-refractivity contribution in [1.29, 1.82) is 0 Å². The standard InChI is InChI=1S/C15H22ClN3O/c1-4-13-15(20)19(10-9-18(2)3)14(17-13)11-5-7-12(16)8-6-11/h5-8,13-14,17H,4,9-10H2,1-3H3. The van der Waals surface area contributed by atoms with E-state index >= 15 is 0 Å². The van der Waals surface area contributed by atoms with E-state index in [1.807, 2.05) is 50.2 Å². The van der Waals surface area contributed by atoms with Gasteiger partial charge in [-0.25, -0.2) is 0 Å². The van der Waals surface area contributed by atoms with E-state index in [0.29, 0.717) is 5.02 Å². The van der Waals surface area contributed by atoms with E-state index in [9.17, 15) is 4.79 Å². The van der Waals surface area contributed by atoms with Crippen molar-refractivity contribution in [3.8, 4) is 0 Å². The Bertz CT molecular complexity index is 461. The molecule has 110 valence electrons. The van der Waals surface area contributed by atoms with Crippen LogP contribution < -0.4 is 5.32 Å². The number of hydrogen-bond acceptors (Lipinski definition) is 3. The fourth-order valence-corrected chi connectivity index (χ4v) is 2.57. The number of amides is 1. The van der Waals surface area contributed by atoms with Crippen LogP contribution in [0.3, 0.4) is 0 Å². The zero-order chi connectivity index (χ0) is 14.7. The highest BCUT2D eigenvalue weighted by molar-refractivity contribution is 6.30. The Labute approximate surface area is 125 Å². The smallest absolute Gasteiger partial charge is 0.241 e. The molecule has 4 nitrogen and oxygen atoms in total. The van der Waals surface area contributed by atoms with Crippen molar-refractivity contribution >= 4 is 17.5 Å². The lowest BCUT2D eigenvalue weighted by Gasteiger charge is -2.26. The fraction of sp³-hybridized carbons (Fsp3) is 0.533. The molecule has 0 bridgehead atoms. The molecule has 0 aromatic heterocycles. The van der Waals surface area contributed by atoms with Gasteiger partial charge >= 0.3 is 0 Å². The summed E-state index contributed by atoms with van der Waals surface area (Å²) in [6, 6.07) is 7.61. The molecule has 2 atom stereocenters. The molecular formula is C15H22ClN3O. The normalized spacial score (nSPS) is 22.9. The highest BCUT2D eigenvalue weighted by Crippen LogP contribution is 2.27. The molecule has 1 aliphatic rings. The van der Waals surface area contributed by atoms with Crippen molar-refractivity contribution in [2.75, 3.05) is 27.2 Å². The average molecular weight is 296 g/mol. The summed E-state index contributed by atoms with van der Waals surface area (Å²) in [5.41, 5.74) is 1.08. The van der Waals surface area contributed by atoms with E-state index in [0.717, 1.165) is 25.1 Å². The molecule has 1 fully saturated rings. The number of nitrogens with zero attached hydrogens (tertiary/aromatic N) is 2. The van der Waals surface area contributed by atoms with Gasteiger partial charge in [-0.15, -0.1) is 0 Å². The average Bonchev–Trinajstić information content (AvgIpc) is 2.74. The molecule has 1 aromatic carbocycles. The summed E-state index contributed by atoms with van der Waals surface area (Å²) < 4.78 is 0. The summed E-state index contributed by atoms with van der Waals surface area (Å²) in [5.74, 6) is 0.189. The minimum atomic E-state index is -0.0853. The molecule has 1 amide bonds. The minimum Gasteiger partial charge on any atom is -0.320 e. The fourth-order valence-electron chi connectivity index (χ4n) is 2.44. The van der Waals surface area contributed by atoms with Gasteiger partial charge in [-0.1, -0.05) is 30.7 Å². The second-order valence-corrected chi connectivity index (χ2v) is 5.85. The van der Waals surface area contributed by atoms with Gasteiger partial charge in [-0.2, -0.15) is 0 Å². The van der Waals surface area contributed by atoms with Crippen molar-refractivity contribution < 1.29 is 4.79 Å². The van der Waals surface area contributed by atoms with Gasteiger partial charge in [-0.3, -0.25) is 10.1 Å². The maximum absolute atomic E-state index is 12.4. The molecule has 1 N–H and O–H groups in total. The number of hydrogen-bond donors (Lipinski definition) is 1. The van der Waals surface area contributed by atoms with E-state index in [2.05, 4.69) is 10.2 Å². The first-order valence-electron chi connectivity index (χ1n) is 6.99.